The molecule has 1 heterocycles. The first-order valence-corrected chi connectivity index (χ1v) is 4.73. The van der Waals surface area contributed by atoms with E-state index in [4.69, 9.17) is 9.47 Å². The van der Waals surface area contributed by atoms with Crippen molar-refractivity contribution >= 4 is 5.97 Å². The third kappa shape index (κ3) is 1.61. The van der Waals surface area contributed by atoms with E-state index in [1.165, 1.54) is 6.08 Å². The van der Waals surface area contributed by atoms with Crippen molar-refractivity contribution in [1.29, 1.82) is 0 Å². The van der Waals surface area contributed by atoms with Crippen molar-refractivity contribution in [2.24, 2.45) is 5.92 Å². The van der Waals surface area contributed by atoms with Crippen molar-refractivity contribution < 1.29 is 14.3 Å². The molecule has 0 aromatic rings. The Morgan fingerprint density at radius 3 is 3.15 bits per heavy atom. The smallest absolute Gasteiger partial charge is 0.330 e. The summed E-state index contributed by atoms with van der Waals surface area (Å²) in [6.07, 6.45) is 6.79. The molecule has 2 rings (SSSR count). The predicted octanol–water partition coefficient (Wildman–Crippen LogP) is 1.28. The highest BCUT2D eigenvalue weighted by atomic mass is 16.6. The van der Waals surface area contributed by atoms with Crippen LogP contribution in [0.2, 0.25) is 0 Å². The van der Waals surface area contributed by atoms with Gasteiger partial charge in [0.05, 0.1) is 6.10 Å². The van der Waals surface area contributed by atoms with E-state index in [1.807, 2.05) is 6.08 Å². The van der Waals surface area contributed by atoms with Crippen molar-refractivity contribution in [2.75, 3.05) is 7.11 Å². The Hall–Kier alpha value is -0.830. The normalized spacial score (nSPS) is 38.2. The van der Waals surface area contributed by atoms with Gasteiger partial charge < -0.3 is 9.47 Å². The molecule has 3 heteroatoms. The molecule has 0 aromatic heterocycles. The minimum atomic E-state index is -0.231. The van der Waals surface area contributed by atoms with Gasteiger partial charge in [0.25, 0.3) is 0 Å². The molecule has 13 heavy (non-hydrogen) atoms. The number of hydrogen-bond acceptors (Lipinski definition) is 3. The number of rotatable bonds is 1. The highest BCUT2D eigenvalue weighted by Crippen LogP contribution is 2.32. The predicted molar refractivity (Wildman–Crippen MR) is 47.2 cm³/mol. The maximum atomic E-state index is 11.0. The van der Waals surface area contributed by atoms with Crippen LogP contribution in [-0.2, 0) is 14.3 Å². The van der Waals surface area contributed by atoms with Gasteiger partial charge in [0, 0.05) is 19.1 Å². The molecule has 3 atom stereocenters. The van der Waals surface area contributed by atoms with E-state index in [0.29, 0.717) is 5.92 Å². The minimum Gasteiger partial charge on any atom is -0.456 e. The maximum Gasteiger partial charge on any atom is 0.330 e. The van der Waals surface area contributed by atoms with Gasteiger partial charge in [-0.25, -0.2) is 4.79 Å². The molecule has 1 aliphatic heterocycles. The van der Waals surface area contributed by atoms with E-state index >= 15 is 0 Å². The average Bonchev–Trinajstić information content (AvgIpc) is 2.17. The number of fused-ring (bicyclic) bond motifs is 1. The quantitative estimate of drug-likeness (QED) is 0.573. The summed E-state index contributed by atoms with van der Waals surface area (Å²) in [6.45, 7) is 0. The van der Waals surface area contributed by atoms with Crippen LogP contribution in [0.5, 0.6) is 0 Å². The zero-order chi connectivity index (χ0) is 9.26. The van der Waals surface area contributed by atoms with Crippen LogP contribution in [-0.4, -0.2) is 25.3 Å². The summed E-state index contributed by atoms with van der Waals surface area (Å²) in [7, 11) is 1.68. The first-order valence-electron chi connectivity index (χ1n) is 4.73. The molecule has 72 valence electrons. The van der Waals surface area contributed by atoms with Gasteiger partial charge >= 0.3 is 5.97 Å². The van der Waals surface area contributed by atoms with Crippen molar-refractivity contribution in [1.82, 2.24) is 0 Å². The van der Waals surface area contributed by atoms with Gasteiger partial charge in [-0.3, -0.25) is 0 Å². The lowest BCUT2D eigenvalue weighted by Gasteiger charge is -2.36. The first kappa shape index (κ1) is 8.75. The Kier molecular flexibility index (Phi) is 2.36. The molecule has 0 saturated heterocycles. The maximum absolute atomic E-state index is 11.0. The average molecular weight is 182 g/mol. The Morgan fingerprint density at radius 2 is 2.38 bits per heavy atom. The topological polar surface area (TPSA) is 35.5 Å². The largest absolute Gasteiger partial charge is 0.456 e. The van der Waals surface area contributed by atoms with E-state index < -0.39 is 0 Å². The molecular formula is C10H14O3. The lowest BCUT2D eigenvalue weighted by atomic mass is 9.83. The fourth-order valence-corrected chi connectivity index (χ4v) is 2.16. The van der Waals surface area contributed by atoms with E-state index in [1.54, 1.807) is 7.11 Å². The first-order chi connectivity index (χ1) is 6.31. The SMILES string of the molecule is CO[C@H]1CCC[C@@H]2C=CC(=O)O[C@H]12. The second-order valence-electron chi connectivity index (χ2n) is 3.63. The third-order valence-electron chi connectivity index (χ3n) is 2.85. The van der Waals surface area contributed by atoms with E-state index in [9.17, 15) is 4.79 Å². The Balaban J connectivity index is 2.13. The van der Waals surface area contributed by atoms with E-state index in [-0.39, 0.29) is 18.2 Å². The van der Waals surface area contributed by atoms with Gasteiger partial charge in [0.2, 0.25) is 0 Å². The van der Waals surface area contributed by atoms with Crippen LogP contribution in [0.3, 0.4) is 0 Å². The van der Waals surface area contributed by atoms with Gasteiger partial charge in [-0.1, -0.05) is 6.08 Å². The number of esters is 1. The van der Waals surface area contributed by atoms with Gasteiger partial charge in [-0.15, -0.1) is 0 Å². The molecule has 0 aromatic carbocycles. The molecular weight excluding hydrogens is 168 g/mol. The summed E-state index contributed by atoms with van der Waals surface area (Å²) in [4.78, 5) is 11.0. The molecule has 2 aliphatic rings. The van der Waals surface area contributed by atoms with Crippen molar-refractivity contribution in [2.45, 2.75) is 31.5 Å². The fourth-order valence-electron chi connectivity index (χ4n) is 2.16. The zero-order valence-electron chi connectivity index (χ0n) is 7.73. The van der Waals surface area contributed by atoms with Crippen LogP contribution in [0.25, 0.3) is 0 Å². The number of carbonyl (C=O) groups excluding carboxylic acids is 1. The summed E-state index contributed by atoms with van der Waals surface area (Å²) in [6, 6.07) is 0. The molecule has 0 radical (unpaired) electrons. The molecule has 3 nitrogen and oxygen atoms in total. The van der Waals surface area contributed by atoms with Gasteiger partial charge in [-0.2, -0.15) is 0 Å². The lowest BCUT2D eigenvalue weighted by molar-refractivity contribution is -0.159. The molecule has 0 spiro atoms. The minimum absolute atomic E-state index is 0.0451. The van der Waals surface area contributed by atoms with E-state index in [2.05, 4.69) is 0 Å². The van der Waals surface area contributed by atoms with Crippen LogP contribution < -0.4 is 0 Å². The Bertz CT molecular complexity index is 234. The van der Waals surface area contributed by atoms with Crippen LogP contribution >= 0.6 is 0 Å². The molecule has 0 N–H and O–H groups in total. The second kappa shape index (κ2) is 3.50. The fraction of sp³-hybridized carbons (Fsp3) is 0.700. The number of ether oxygens (including phenoxy) is 2. The van der Waals surface area contributed by atoms with Gasteiger partial charge in [0.1, 0.15) is 6.10 Å². The van der Waals surface area contributed by atoms with Crippen LogP contribution in [0.1, 0.15) is 19.3 Å². The molecule has 1 saturated carbocycles. The number of carbonyl (C=O) groups is 1. The van der Waals surface area contributed by atoms with E-state index in [0.717, 1.165) is 19.3 Å². The highest BCUT2D eigenvalue weighted by Gasteiger charge is 2.36. The molecule has 0 bridgehead atoms. The van der Waals surface area contributed by atoms with Gasteiger partial charge in [-0.05, 0) is 19.3 Å². The Labute approximate surface area is 77.7 Å². The summed E-state index contributed by atoms with van der Waals surface area (Å²) >= 11 is 0. The van der Waals surface area contributed by atoms with Crippen LogP contribution in [0.4, 0.5) is 0 Å². The van der Waals surface area contributed by atoms with Crippen molar-refractivity contribution in [3.63, 3.8) is 0 Å². The third-order valence-corrected chi connectivity index (χ3v) is 2.85. The Morgan fingerprint density at radius 1 is 1.54 bits per heavy atom. The molecule has 1 aliphatic carbocycles. The molecule has 0 amide bonds. The summed E-state index contributed by atoms with van der Waals surface area (Å²) in [5.74, 6) is 0.140. The molecule has 0 unspecified atom stereocenters. The van der Waals surface area contributed by atoms with Gasteiger partial charge in [0.15, 0.2) is 0 Å². The van der Waals surface area contributed by atoms with Crippen LogP contribution in [0, 0.1) is 5.92 Å². The standard InChI is InChI=1S/C10H14O3/c1-12-8-4-2-3-7-5-6-9(11)13-10(7)8/h5-8,10H,2-4H2,1H3/t7-,8+,10+/m1/s1. The number of hydrogen-bond donors (Lipinski definition) is 0. The monoisotopic (exact) mass is 182 g/mol. The van der Waals surface area contributed by atoms with Crippen LogP contribution in [0.15, 0.2) is 12.2 Å². The molecule has 1 fully saturated rings. The highest BCUT2D eigenvalue weighted by molar-refractivity contribution is 5.83. The lowest BCUT2D eigenvalue weighted by Crippen LogP contribution is -2.43. The second-order valence-corrected chi connectivity index (χ2v) is 3.63. The van der Waals surface area contributed by atoms with Crippen molar-refractivity contribution in [3.8, 4) is 0 Å². The zero-order valence-corrected chi connectivity index (χ0v) is 7.73. The van der Waals surface area contributed by atoms with Crippen molar-refractivity contribution in [3.05, 3.63) is 12.2 Å². The number of methoxy groups -OCH3 is 1. The summed E-state index contributed by atoms with van der Waals surface area (Å²) in [5, 5.41) is 0. The summed E-state index contributed by atoms with van der Waals surface area (Å²) in [5.41, 5.74) is 0. The summed E-state index contributed by atoms with van der Waals surface area (Å²) < 4.78 is 10.5.